The van der Waals surface area contributed by atoms with Crippen LogP contribution in [0.5, 0.6) is 0 Å². The number of nitrogens with one attached hydrogen (secondary N) is 1. The van der Waals surface area contributed by atoms with Crippen LogP contribution in [0.4, 0.5) is 4.39 Å². The van der Waals surface area contributed by atoms with Crippen molar-refractivity contribution in [2.24, 2.45) is 0 Å². The maximum atomic E-state index is 14.4. The van der Waals surface area contributed by atoms with Gasteiger partial charge in [-0.3, -0.25) is 9.63 Å². The molecule has 33 heavy (non-hydrogen) atoms. The lowest BCUT2D eigenvalue weighted by Gasteiger charge is -2.08. The second-order valence-electron chi connectivity index (χ2n) is 7.73. The van der Waals surface area contributed by atoms with Crippen molar-refractivity contribution in [3.63, 3.8) is 0 Å². The van der Waals surface area contributed by atoms with E-state index >= 15 is 0 Å². The summed E-state index contributed by atoms with van der Waals surface area (Å²) in [4.78, 5) is 21.3. The lowest BCUT2D eigenvalue weighted by molar-refractivity contribution is -0.133. The number of amides is 1. The number of unbranched alkanes of at least 4 members (excludes halogenated alkanes) is 1. The zero-order chi connectivity index (χ0) is 23.2. The van der Waals surface area contributed by atoms with Gasteiger partial charge in [-0.2, -0.15) is 0 Å². The third-order valence-electron chi connectivity index (χ3n) is 5.25. The number of carbonyl (C=O) groups excluding carboxylic acids is 1. The topological polar surface area (TPSA) is 81.9 Å². The normalized spacial score (nSPS) is 11.4. The Hall–Kier alpha value is -3.04. The number of hydrogen-bond donors (Lipinski definition) is 1. The highest BCUT2D eigenvalue weighted by Crippen LogP contribution is 2.29. The Morgan fingerprint density at radius 2 is 2.03 bits per heavy atom. The molecule has 2 aromatic carbocycles. The molecule has 7 nitrogen and oxygen atoms in total. The summed E-state index contributed by atoms with van der Waals surface area (Å²) < 4.78 is 16.4. The number of aryl methyl sites for hydroxylation is 1. The molecule has 2 aromatic heterocycles. The van der Waals surface area contributed by atoms with Gasteiger partial charge in [-0.25, -0.2) is 14.9 Å². The average Bonchev–Trinajstić information content (AvgIpc) is 3.11. The molecular formula is C24H26FN5O2S. The first-order valence-corrected chi connectivity index (χ1v) is 12.0. The van der Waals surface area contributed by atoms with Crippen molar-refractivity contribution in [1.82, 2.24) is 25.2 Å². The smallest absolute Gasteiger partial charge is 0.243 e. The van der Waals surface area contributed by atoms with E-state index in [0.29, 0.717) is 41.5 Å². The fourth-order valence-corrected chi connectivity index (χ4v) is 4.41. The van der Waals surface area contributed by atoms with Gasteiger partial charge in [0, 0.05) is 23.1 Å². The minimum atomic E-state index is -0.246. The van der Waals surface area contributed by atoms with E-state index in [1.54, 1.807) is 12.1 Å². The molecule has 0 saturated heterocycles. The number of hydrogen-bond acceptors (Lipinski definition) is 6. The van der Waals surface area contributed by atoms with Crippen molar-refractivity contribution in [3.8, 4) is 0 Å². The van der Waals surface area contributed by atoms with Crippen LogP contribution in [0.25, 0.3) is 22.1 Å². The highest BCUT2D eigenvalue weighted by Gasteiger charge is 2.16. The third kappa shape index (κ3) is 5.48. The monoisotopic (exact) mass is 467 g/mol. The summed E-state index contributed by atoms with van der Waals surface area (Å²) >= 11 is 1.50. The average molecular weight is 468 g/mol. The van der Waals surface area contributed by atoms with E-state index in [-0.39, 0.29) is 11.7 Å². The van der Waals surface area contributed by atoms with Crippen LogP contribution in [-0.4, -0.2) is 38.0 Å². The van der Waals surface area contributed by atoms with Crippen molar-refractivity contribution in [3.05, 3.63) is 59.4 Å². The first-order chi connectivity index (χ1) is 16.1. The number of carbonyl (C=O) groups is 1. The molecule has 9 heteroatoms. The van der Waals surface area contributed by atoms with Gasteiger partial charge in [0.15, 0.2) is 5.65 Å². The van der Waals surface area contributed by atoms with Crippen molar-refractivity contribution in [2.45, 2.75) is 44.8 Å². The minimum absolute atomic E-state index is 0.117. The zero-order valence-electron chi connectivity index (χ0n) is 18.7. The number of fused-ring (bicyclic) bond motifs is 3. The van der Waals surface area contributed by atoms with Gasteiger partial charge in [0.1, 0.15) is 11.3 Å². The van der Waals surface area contributed by atoms with Gasteiger partial charge >= 0.3 is 0 Å². The molecule has 0 aliphatic carbocycles. The third-order valence-corrected chi connectivity index (χ3v) is 6.17. The maximum Gasteiger partial charge on any atom is 0.243 e. The molecular weight excluding hydrogens is 441 g/mol. The second-order valence-corrected chi connectivity index (χ2v) is 8.79. The molecule has 0 fully saturated rings. The van der Waals surface area contributed by atoms with E-state index in [1.165, 1.54) is 17.8 Å². The number of hydroxylamine groups is 1. The summed E-state index contributed by atoms with van der Waals surface area (Å²) in [6.45, 7) is 4.65. The Kier molecular flexibility index (Phi) is 7.51. The molecule has 4 aromatic rings. The molecule has 0 unspecified atom stereocenters. The standard InChI is InChI=1S/C24H26FN5O2S/c1-3-32-29-21(31)10-6-7-13-33-24-26-23-22(27-28-24)18-14-16(2)11-12-20(18)30(23)15-17-8-4-5-9-19(17)25/h4-5,8-9,11-12,14H,3,6-7,10,13,15H2,1-2H3,(H,29,31). The van der Waals surface area contributed by atoms with Crippen LogP contribution in [-0.2, 0) is 16.2 Å². The van der Waals surface area contributed by atoms with Gasteiger partial charge in [0.25, 0.3) is 0 Å². The fourth-order valence-electron chi connectivity index (χ4n) is 3.63. The van der Waals surface area contributed by atoms with Crippen molar-refractivity contribution >= 4 is 39.7 Å². The molecule has 2 heterocycles. The molecule has 172 valence electrons. The summed E-state index contributed by atoms with van der Waals surface area (Å²) in [5, 5.41) is 10.3. The van der Waals surface area contributed by atoms with Crippen molar-refractivity contribution in [2.75, 3.05) is 12.4 Å². The van der Waals surface area contributed by atoms with Crippen molar-refractivity contribution in [1.29, 1.82) is 0 Å². The molecule has 0 bridgehead atoms. The first-order valence-electron chi connectivity index (χ1n) is 11.0. The summed E-state index contributed by atoms with van der Waals surface area (Å²) in [5.41, 5.74) is 6.45. The number of rotatable bonds is 10. The van der Waals surface area contributed by atoms with E-state index in [2.05, 4.69) is 21.7 Å². The lowest BCUT2D eigenvalue weighted by atomic mass is 10.1. The summed E-state index contributed by atoms with van der Waals surface area (Å²) in [6.07, 6.45) is 1.99. The Morgan fingerprint density at radius 3 is 2.85 bits per heavy atom. The van der Waals surface area contributed by atoms with Gasteiger partial charge in [0.05, 0.1) is 18.7 Å². The molecule has 0 aliphatic heterocycles. The maximum absolute atomic E-state index is 14.4. The van der Waals surface area contributed by atoms with Gasteiger partial charge in [-0.05, 0) is 44.9 Å². The first kappa shape index (κ1) is 23.1. The van der Waals surface area contributed by atoms with Gasteiger partial charge < -0.3 is 4.57 Å². The number of aromatic nitrogens is 4. The fraction of sp³-hybridized carbons (Fsp3) is 0.333. The summed E-state index contributed by atoms with van der Waals surface area (Å²) in [5.74, 6) is 0.403. The molecule has 0 atom stereocenters. The molecule has 0 saturated carbocycles. The predicted molar refractivity (Wildman–Crippen MR) is 127 cm³/mol. The summed E-state index contributed by atoms with van der Waals surface area (Å²) in [7, 11) is 0. The quantitative estimate of drug-likeness (QED) is 0.205. The number of thioether (sulfide) groups is 1. The number of benzene rings is 2. The highest BCUT2D eigenvalue weighted by molar-refractivity contribution is 7.99. The largest absolute Gasteiger partial charge is 0.319 e. The van der Waals surface area contributed by atoms with Crippen LogP contribution < -0.4 is 5.48 Å². The minimum Gasteiger partial charge on any atom is -0.319 e. The predicted octanol–water partition coefficient (Wildman–Crippen LogP) is 4.81. The van der Waals surface area contributed by atoms with Crippen LogP contribution >= 0.6 is 11.8 Å². The van der Waals surface area contributed by atoms with Crippen LogP contribution in [0.2, 0.25) is 0 Å². The van der Waals surface area contributed by atoms with Crippen LogP contribution in [0.3, 0.4) is 0 Å². The second kappa shape index (κ2) is 10.7. The number of halogens is 1. The van der Waals surface area contributed by atoms with Crippen molar-refractivity contribution < 1.29 is 14.0 Å². The van der Waals surface area contributed by atoms with Crippen LogP contribution in [0.15, 0.2) is 47.6 Å². The molecule has 4 rings (SSSR count). The van der Waals surface area contributed by atoms with E-state index in [9.17, 15) is 9.18 Å². The zero-order valence-corrected chi connectivity index (χ0v) is 19.5. The summed E-state index contributed by atoms with van der Waals surface area (Å²) in [6, 6.07) is 12.9. The van der Waals surface area contributed by atoms with Gasteiger partial charge in [-0.1, -0.05) is 41.6 Å². The number of nitrogens with zero attached hydrogens (tertiary/aromatic N) is 4. The van der Waals surface area contributed by atoms with Crippen LogP contribution in [0.1, 0.15) is 37.3 Å². The Morgan fingerprint density at radius 1 is 1.18 bits per heavy atom. The molecule has 0 spiro atoms. The Balaban J connectivity index is 1.54. The molecule has 0 aliphatic rings. The van der Waals surface area contributed by atoms with Gasteiger partial charge in [0.2, 0.25) is 11.1 Å². The molecule has 1 N–H and O–H groups in total. The van der Waals surface area contributed by atoms with Gasteiger partial charge in [-0.15, -0.1) is 10.2 Å². The van der Waals surface area contributed by atoms with E-state index < -0.39 is 0 Å². The SMILES string of the molecule is CCONC(=O)CCCCSc1nnc2c3cc(C)ccc3n(Cc3ccccc3F)c2n1. The molecule has 1 amide bonds. The molecule has 0 radical (unpaired) electrons. The van der Waals surface area contributed by atoms with Crippen LogP contribution in [0, 0.1) is 12.7 Å². The lowest BCUT2D eigenvalue weighted by Crippen LogP contribution is -2.23. The van der Waals surface area contributed by atoms with E-state index in [1.807, 2.05) is 36.6 Å². The Bertz CT molecular complexity index is 1280. The Labute approximate surface area is 195 Å². The highest BCUT2D eigenvalue weighted by atomic mass is 32.2. The van der Waals surface area contributed by atoms with E-state index in [0.717, 1.165) is 35.1 Å². The van der Waals surface area contributed by atoms with E-state index in [4.69, 9.17) is 9.82 Å².